The minimum atomic E-state index is -3.66. The van der Waals surface area contributed by atoms with Gasteiger partial charge in [-0.3, -0.25) is 4.99 Å². The second-order valence-corrected chi connectivity index (χ2v) is 9.45. The van der Waals surface area contributed by atoms with E-state index >= 15 is 0 Å². The van der Waals surface area contributed by atoms with Gasteiger partial charge in [0, 0.05) is 25.4 Å². The van der Waals surface area contributed by atoms with E-state index in [9.17, 15) is 8.42 Å². The topological polar surface area (TPSA) is 68.2 Å². The van der Waals surface area contributed by atoms with Crippen molar-refractivity contribution in [2.75, 3.05) is 20.2 Å². The molecule has 1 saturated heterocycles. The van der Waals surface area contributed by atoms with Gasteiger partial charge in [0.05, 0.1) is 12.8 Å². The molecule has 0 amide bonds. The van der Waals surface area contributed by atoms with E-state index in [1.54, 1.807) is 28.7 Å². The van der Waals surface area contributed by atoms with E-state index < -0.39 is 10.0 Å². The molecule has 1 heterocycles. The van der Waals surface area contributed by atoms with Crippen LogP contribution in [0.1, 0.15) is 24.8 Å². The van der Waals surface area contributed by atoms with Gasteiger partial charge < -0.3 is 9.47 Å². The van der Waals surface area contributed by atoms with Crippen LogP contribution in [0.3, 0.4) is 0 Å². The Balaban J connectivity index is 1.62. The third-order valence-corrected chi connectivity index (χ3v) is 7.22. The molecular formula is C25H26N2O4S. The zero-order valence-corrected chi connectivity index (χ0v) is 18.8. The molecule has 0 atom stereocenters. The van der Waals surface area contributed by atoms with Crippen molar-refractivity contribution >= 4 is 21.9 Å². The summed E-state index contributed by atoms with van der Waals surface area (Å²) in [6.07, 6.45) is 4.44. The Morgan fingerprint density at radius 2 is 1.59 bits per heavy atom. The van der Waals surface area contributed by atoms with Gasteiger partial charge in [0.2, 0.25) is 10.0 Å². The van der Waals surface area contributed by atoms with Crippen LogP contribution in [0, 0.1) is 0 Å². The average molecular weight is 451 g/mol. The van der Waals surface area contributed by atoms with E-state index in [4.69, 9.17) is 9.47 Å². The molecule has 32 heavy (non-hydrogen) atoms. The lowest BCUT2D eigenvalue weighted by atomic mass is 10.2. The first kappa shape index (κ1) is 22.0. The van der Waals surface area contributed by atoms with E-state index in [1.165, 1.54) is 7.11 Å². The van der Waals surface area contributed by atoms with Crippen LogP contribution in [0.15, 0.2) is 82.7 Å². The number of para-hydroxylation sites is 1. The Morgan fingerprint density at radius 3 is 2.34 bits per heavy atom. The SMILES string of the molecule is COc1ccc(N=Cc2cccc(Oc3ccccc3)c2)c(S(=O)(=O)N2CCCCC2)c1. The third kappa shape index (κ3) is 5.18. The molecule has 0 aliphatic carbocycles. The summed E-state index contributed by atoms with van der Waals surface area (Å²) in [7, 11) is -2.14. The molecule has 166 valence electrons. The smallest absolute Gasteiger partial charge is 0.245 e. The molecule has 0 N–H and O–H groups in total. The second kappa shape index (κ2) is 9.97. The summed E-state index contributed by atoms with van der Waals surface area (Å²) in [6.45, 7) is 1.06. The number of piperidine rings is 1. The van der Waals surface area contributed by atoms with Crippen LogP contribution < -0.4 is 9.47 Å². The summed E-state index contributed by atoms with van der Waals surface area (Å²) < 4.78 is 39.3. The fourth-order valence-corrected chi connectivity index (χ4v) is 5.27. The Kier molecular flexibility index (Phi) is 6.87. The van der Waals surface area contributed by atoms with Crippen LogP contribution in [0.4, 0.5) is 5.69 Å². The van der Waals surface area contributed by atoms with Crippen molar-refractivity contribution in [3.63, 3.8) is 0 Å². The van der Waals surface area contributed by atoms with Crippen molar-refractivity contribution in [2.24, 2.45) is 4.99 Å². The standard InChI is InChI=1S/C25H26N2O4S/c1-30-22-13-14-24(25(18-22)32(28,29)27-15-6-3-7-16-27)26-19-20-9-8-12-23(17-20)31-21-10-4-2-5-11-21/h2,4-5,8-14,17-19H,3,6-7,15-16H2,1H3. The number of ether oxygens (including phenoxy) is 2. The lowest BCUT2D eigenvalue weighted by Crippen LogP contribution is -2.35. The van der Waals surface area contributed by atoms with Crippen molar-refractivity contribution in [1.82, 2.24) is 4.31 Å². The Labute approximate surface area is 189 Å². The maximum absolute atomic E-state index is 13.3. The largest absolute Gasteiger partial charge is 0.497 e. The molecule has 1 aliphatic heterocycles. The maximum atomic E-state index is 13.3. The van der Waals surface area contributed by atoms with E-state index in [-0.39, 0.29) is 4.90 Å². The fraction of sp³-hybridized carbons (Fsp3) is 0.240. The highest BCUT2D eigenvalue weighted by Gasteiger charge is 2.28. The first-order chi connectivity index (χ1) is 15.6. The van der Waals surface area contributed by atoms with Gasteiger partial charge in [0.25, 0.3) is 0 Å². The number of benzene rings is 3. The number of methoxy groups -OCH3 is 1. The molecule has 0 spiro atoms. The van der Waals surface area contributed by atoms with Crippen molar-refractivity contribution in [3.05, 3.63) is 78.4 Å². The van der Waals surface area contributed by atoms with Gasteiger partial charge in [-0.2, -0.15) is 4.31 Å². The van der Waals surface area contributed by atoms with Gasteiger partial charge >= 0.3 is 0 Å². The summed E-state index contributed by atoms with van der Waals surface area (Å²) in [5, 5.41) is 0. The van der Waals surface area contributed by atoms with Crippen molar-refractivity contribution in [3.8, 4) is 17.2 Å². The minimum Gasteiger partial charge on any atom is -0.497 e. The zero-order valence-electron chi connectivity index (χ0n) is 18.0. The number of nitrogens with zero attached hydrogens (tertiary/aromatic N) is 2. The van der Waals surface area contributed by atoms with E-state index in [0.29, 0.717) is 30.3 Å². The van der Waals surface area contributed by atoms with Gasteiger partial charge in [-0.1, -0.05) is 36.8 Å². The summed E-state index contributed by atoms with van der Waals surface area (Å²) >= 11 is 0. The number of hydrogen-bond donors (Lipinski definition) is 0. The molecule has 0 aromatic heterocycles. The van der Waals surface area contributed by atoms with Crippen molar-refractivity contribution in [2.45, 2.75) is 24.2 Å². The number of rotatable bonds is 7. The quantitative estimate of drug-likeness (QED) is 0.451. The molecule has 3 aromatic rings. The van der Waals surface area contributed by atoms with Gasteiger partial charge in [0.1, 0.15) is 22.1 Å². The normalized spacial score (nSPS) is 15.0. The summed E-state index contributed by atoms with van der Waals surface area (Å²) in [5.74, 6) is 1.90. The molecule has 3 aromatic carbocycles. The van der Waals surface area contributed by atoms with E-state index in [2.05, 4.69) is 4.99 Å². The lowest BCUT2D eigenvalue weighted by molar-refractivity contribution is 0.346. The molecule has 0 radical (unpaired) electrons. The molecule has 1 fully saturated rings. The molecule has 1 aliphatic rings. The summed E-state index contributed by atoms with van der Waals surface area (Å²) in [6, 6.07) is 22.0. The van der Waals surface area contributed by atoms with Crippen LogP contribution in [0.25, 0.3) is 0 Å². The fourth-order valence-electron chi connectivity index (χ4n) is 3.61. The van der Waals surface area contributed by atoms with Crippen molar-refractivity contribution < 1.29 is 17.9 Å². The number of aliphatic imine (C=N–C) groups is 1. The van der Waals surface area contributed by atoms with Gasteiger partial charge in [0.15, 0.2) is 0 Å². The molecule has 0 saturated carbocycles. The molecule has 6 nitrogen and oxygen atoms in total. The summed E-state index contributed by atoms with van der Waals surface area (Å²) in [4.78, 5) is 4.68. The van der Waals surface area contributed by atoms with Gasteiger partial charge in [-0.25, -0.2) is 8.42 Å². The zero-order chi connectivity index (χ0) is 22.4. The summed E-state index contributed by atoms with van der Waals surface area (Å²) in [5.41, 5.74) is 1.18. The van der Waals surface area contributed by atoms with Gasteiger partial charge in [-0.15, -0.1) is 0 Å². The van der Waals surface area contributed by atoms with E-state index in [0.717, 1.165) is 30.6 Å². The van der Waals surface area contributed by atoms with Gasteiger partial charge in [-0.05, 0) is 54.8 Å². The Hall–Kier alpha value is -3.16. The third-order valence-electron chi connectivity index (χ3n) is 5.29. The molecular weight excluding hydrogens is 424 g/mol. The molecule has 0 bridgehead atoms. The number of sulfonamides is 1. The Morgan fingerprint density at radius 1 is 0.844 bits per heavy atom. The monoisotopic (exact) mass is 450 g/mol. The first-order valence-corrected chi connectivity index (χ1v) is 12.1. The predicted octanol–water partition coefficient (Wildman–Crippen LogP) is 5.41. The van der Waals surface area contributed by atoms with E-state index in [1.807, 2.05) is 54.6 Å². The van der Waals surface area contributed by atoms with Crippen molar-refractivity contribution in [1.29, 1.82) is 0 Å². The second-order valence-electron chi connectivity index (χ2n) is 7.54. The van der Waals surface area contributed by atoms with Crippen LogP contribution in [-0.4, -0.2) is 39.1 Å². The molecule has 0 unspecified atom stereocenters. The first-order valence-electron chi connectivity index (χ1n) is 10.6. The van der Waals surface area contributed by atoms with Crippen LogP contribution in [-0.2, 0) is 10.0 Å². The predicted molar refractivity (Wildman–Crippen MR) is 126 cm³/mol. The Bertz CT molecular complexity index is 1190. The maximum Gasteiger partial charge on any atom is 0.245 e. The molecule has 7 heteroatoms. The average Bonchev–Trinajstić information content (AvgIpc) is 2.84. The highest BCUT2D eigenvalue weighted by molar-refractivity contribution is 7.89. The van der Waals surface area contributed by atoms with Crippen LogP contribution in [0.5, 0.6) is 17.2 Å². The highest BCUT2D eigenvalue weighted by Crippen LogP contribution is 2.32. The highest BCUT2D eigenvalue weighted by atomic mass is 32.2. The minimum absolute atomic E-state index is 0.159. The van der Waals surface area contributed by atoms with Crippen LogP contribution in [0.2, 0.25) is 0 Å². The molecule has 4 rings (SSSR count). The van der Waals surface area contributed by atoms with Crippen LogP contribution >= 0.6 is 0 Å². The number of hydrogen-bond acceptors (Lipinski definition) is 5. The lowest BCUT2D eigenvalue weighted by Gasteiger charge is -2.26.